The number of carbonyl (C=O) groups is 1. The predicted molar refractivity (Wildman–Crippen MR) is 117 cm³/mol. The lowest BCUT2D eigenvalue weighted by Gasteiger charge is -2.28. The highest BCUT2D eigenvalue weighted by atomic mass is 32.2. The summed E-state index contributed by atoms with van der Waals surface area (Å²) in [7, 11) is 0. The van der Waals surface area contributed by atoms with Gasteiger partial charge in [-0.15, -0.1) is 0 Å². The molecule has 0 unspecified atom stereocenters. The highest BCUT2D eigenvalue weighted by Crippen LogP contribution is 2.33. The zero-order chi connectivity index (χ0) is 21.1. The van der Waals surface area contributed by atoms with Crippen LogP contribution in [0.2, 0.25) is 0 Å². The Bertz CT molecular complexity index is 1040. The van der Waals surface area contributed by atoms with Crippen LogP contribution in [-0.4, -0.2) is 27.7 Å². The number of nitrogens with one attached hydrogen (secondary N) is 1. The summed E-state index contributed by atoms with van der Waals surface area (Å²) in [5.74, 6) is -0.755. The highest BCUT2D eigenvalue weighted by Gasteiger charge is 2.21. The molecule has 1 saturated carbocycles. The van der Waals surface area contributed by atoms with Gasteiger partial charge in [-0.2, -0.15) is 0 Å². The number of primary amides is 1. The van der Waals surface area contributed by atoms with Crippen molar-refractivity contribution in [1.29, 1.82) is 0 Å². The fourth-order valence-corrected chi connectivity index (χ4v) is 4.71. The number of aliphatic hydroxyl groups is 1. The van der Waals surface area contributed by atoms with Crippen molar-refractivity contribution < 1.29 is 14.3 Å². The third kappa shape index (κ3) is 4.52. The molecule has 30 heavy (non-hydrogen) atoms. The van der Waals surface area contributed by atoms with Gasteiger partial charge in [-0.05, 0) is 68.1 Å². The maximum absolute atomic E-state index is 14.1. The van der Waals surface area contributed by atoms with Gasteiger partial charge in [0.25, 0.3) is 5.91 Å². The van der Waals surface area contributed by atoms with Crippen molar-refractivity contribution in [1.82, 2.24) is 4.57 Å². The largest absolute Gasteiger partial charge is 0.393 e. The van der Waals surface area contributed by atoms with Crippen molar-refractivity contribution in [3.05, 3.63) is 72.2 Å². The second kappa shape index (κ2) is 8.93. The number of rotatable bonds is 6. The molecule has 7 heteroatoms. The number of nitrogens with two attached hydrogens (primary N) is 1. The van der Waals surface area contributed by atoms with Gasteiger partial charge in [-0.1, -0.05) is 23.9 Å². The standard InChI is InChI=1S/C23H24FN3O2S/c24-19-4-1-2-5-21(19)30-22-6-3-13-27(22)16-9-12-18(23(25)29)20(14-16)26-15-7-10-17(28)11-8-15/h1-6,9,12-15,17,26,28H,7-8,10-11H2,(H2,25,29)/t15-,17-. The number of hydrogen-bond donors (Lipinski definition) is 3. The Balaban J connectivity index is 1.63. The van der Waals surface area contributed by atoms with E-state index in [1.807, 2.05) is 41.1 Å². The SMILES string of the molecule is NC(=O)c1ccc(-n2cccc2Sc2ccccc2F)cc1N[C@H]1CC[C@H](O)CC1. The third-order valence-electron chi connectivity index (χ3n) is 5.37. The van der Waals surface area contributed by atoms with Crippen molar-refractivity contribution in [2.75, 3.05) is 5.32 Å². The molecule has 3 aromatic rings. The molecular weight excluding hydrogens is 401 g/mol. The first-order valence-corrected chi connectivity index (χ1v) is 10.8. The van der Waals surface area contributed by atoms with Crippen LogP contribution in [0.4, 0.5) is 10.1 Å². The molecule has 0 saturated heterocycles. The smallest absolute Gasteiger partial charge is 0.250 e. The average molecular weight is 426 g/mol. The van der Waals surface area contributed by atoms with E-state index in [4.69, 9.17) is 5.73 Å². The van der Waals surface area contributed by atoms with Crippen molar-refractivity contribution in [2.45, 2.75) is 47.8 Å². The van der Waals surface area contributed by atoms with Gasteiger partial charge in [0.05, 0.1) is 16.7 Å². The zero-order valence-corrected chi connectivity index (χ0v) is 17.2. The van der Waals surface area contributed by atoms with E-state index in [0.717, 1.165) is 36.4 Å². The number of anilines is 1. The Labute approximate surface area is 179 Å². The lowest BCUT2D eigenvalue weighted by molar-refractivity contribution is 0.100. The fraction of sp³-hybridized carbons (Fsp3) is 0.261. The van der Waals surface area contributed by atoms with Crippen LogP contribution in [0.1, 0.15) is 36.0 Å². The molecule has 4 rings (SSSR count). The number of amides is 1. The monoisotopic (exact) mass is 425 g/mol. The number of halogens is 1. The minimum atomic E-state index is -0.492. The number of aromatic nitrogens is 1. The van der Waals surface area contributed by atoms with Gasteiger partial charge in [0, 0.05) is 28.5 Å². The number of nitrogens with zero attached hydrogens (tertiary/aromatic N) is 1. The Morgan fingerprint density at radius 3 is 2.60 bits per heavy atom. The van der Waals surface area contributed by atoms with E-state index in [1.54, 1.807) is 18.2 Å². The second-order valence-corrected chi connectivity index (χ2v) is 8.56. The van der Waals surface area contributed by atoms with Crippen molar-refractivity contribution >= 4 is 23.4 Å². The molecule has 1 heterocycles. The van der Waals surface area contributed by atoms with Crippen LogP contribution in [0.15, 0.2) is 70.7 Å². The number of hydrogen-bond acceptors (Lipinski definition) is 4. The van der Waals surface area contributed by atoms with E-state index >= 15 is 0 Å². The van der Waals surface area contributed by atoms with Gasteiger partial charge in [-0.3, -0.25) is 4.79 Å². The van der Waals surface area contributed by atoms with E-state index in [1.165, 1.54) is 17.8 Å². The van der Waals surface area contributed by atoms with E-state index in [2.05, 4.69) is 5.32 Å². The quantitative estimate of drug-likeness (QED) is 0.540. The van der Waals surface area contributed by atoms with E-state index in [9.17, 15) is 14.3 Å². The molecule has 156 valence electrons. The molecule has 1 fully saturated rings. The van der Waals surface area contributed by atoms with Crippen LogP contribution < -0.4 is 11.1 Å². The van der Waals surface area contributed by atoms with Gasteiger partial charge in [-0.25, -0.2) is 4.39 Å². The molecule has 0 atom stereocenters. The summed E-state index contributed by atoms with van der Waals surface area (Å²) in [6.07, 6.45) is 4.81. The van der Waals surface area contributed by atoms with Crippen LogP contribution in [0, 0.1) is 5.82 Å². The Morgan fingerprint density at radius 1 is 1.10 bits per heavy atom. The van der Waals surface area contributed by atoms with Crippen LogP contribution >= 0.6 is 11.8 Å². The zero-order valence-electron chi connectivity index (χ0n) is 16.4. The lowest BCUT2D eigenvalue weighted by Crippen LogP contribution is -2.29. The van der Waals surface area contributed by atoms with Gasteiger partial charge >= 0.3 is 0 Å². The first-order valence-electron chi connectivity index (χ1n) is 10.00. The minimum Gasteiger partial charge on any atom is -0.393 e. The van der Waals surface area contributed by atoms with Gasteiger partial charge in [0.2, 0.25) is 0 Å². The van der Waals surface area contributed by atoms with E-state index < -0.39 is 5.91 Å². The summed E-state index contributed by atoms with van der Waals surface area (Å²) < 4.78 is 16.1. The van der Waals surface area contributed by atoms with Gasteiger partial charge in [0.15, 0.2) is 0 Å². The summed E-state index contributed by atoms with van der Waals surface area (Å²) >= 11 is 1.34. The molecule has 0 spiro atoms. The van der Waals surface area contributed by atoms with Crippen molar-refractivity contribution in [3.63, 3.8) is 0 Å². The maximum Gasteiger partial charge on any atom is 0.250 e. The lowest BCUT2D eigenvalue weighted by atomic mass is 9.92. The van der Waals surface area contributed by atoms with Gasteiger partial charge < -0.3 is 20.7 Å². The summed E-state index contributed by atoms with van der Waals surface area (Å²) in [5, 5.41) is 14.0. The molecule has 1 amide bonds. The Kier molecular flexibility index (Phi) is 6.11. The predicted octanol–water partition coefficient (Wildman–Crippen LogP) is 4.58. The van der Waals surface area contributed by atoms with Crippen LogP contribution in [0.5, 0.6) is 0 Å². The summed E-state index contributed by atoms with van der Waals surface area (Å²) in [4.78, 5) is 12.5. The molecule has 0 radical (unpaired) electrons. The molecule has 0 aliphatic heterocycles. The fourth-order valence-electron chi connectivity index (χ4n) is 3.76. The molecule has 4 N–H and O–H groups in total. The highest BCUT2D eigenvalue weighted by molar-refractivity contribution is 7.99. The number of benzene rings is 2. The molecular formula is C23H24FN3O2S. The molecule has 1 aliphatic rings. The van der Waals surface area contributed by atoms with Crippen LogP contribution in [0.3, 0.4) is 0 Å². The van der Waals surface area contributed by atoms with Crippen LogP contribution in [-0.2, 0) is 0 Å². The van der Waals surface area contributed by atoms with E-state index in [0.29, 0.717) is 16.1 Å². The van der Waals surface area contributed by atoms with Crippen molar-refractivity contribution in [2.24, 2.45) is 5.73 Å². The summed E-state index contributed by atoms with van der Waals surface area (Å²) in [6.45, 7) is 0. The maximum atomic E-state index is 14.1. The number of aliphatic hydroxyl groups excluding tert-OH is 1. The van der Waals surface area contributed by atoms with Crippen molar-refractivity contribution in [3.8, 4) is 5.69 Å². The third-order valence-corrected chi connectivity index (χ3v) is 6.46. The summed E-state index contributed by atoms with van der Waals surface area (Å²) in [6, 6.07) is 16.1. The molecule has 1 aliphatic carbocycles. The first-order chi connectivity index (χ1) is 14.5. The second-order valence-electron chi connectivity index (χ2n) is 7.49. The molecule has 2 aromatic carbocycles. The molecule has 0 bridgehead atoms. The normalized spacial score (nSPS) is 18.9. The average Bonchev–Trinajstić information content (AvgIpc) is 3.19. The number of carbonyl (C=O) groups excluding carboxylic acids is 1. The topological polar surface area (TPSA) is 80.3 Å². The molecule has 1 aromatic heterocycles. The van der Waals surface area contributed by atoms with E-state index in [-0.39, 0.29) is 18.0 Å². The Hall–Kier alpha value is -2.77. The van der Waals surface area contributed by atoms with Crippen LogP contribution in [0.25, 0.3) is 5.69 Å². The first kappa shape index (κ1) is 20.5. The minimum absolute atomic E-state index is 0.179. The Morgan fingerprint density at radius 2 is 1.87 bits per heavy atom. The molecule has 5 nitrogen and oxygen atoms in total. The van der Waals surface area contributed by atoms with Gasteiger partial charge in [0.1, 0.15) is 5.82 Å². The summed E-state index contributed by atoms with van der Waals surface area (Å²) in [5.41, 5.74) is 7.55.